The van der Waals surface area contributed by atoms with Gasteiger partial charge in [-0.15, -0.1) is 0 Å². The van der Waals surface area contributed by atoms with Crippen LogP contribution in [0.5, 0.6) is 0 Å². The Kier molecular flexibility index (Phi) is 7.75. The first-order valence-corrected chi connectivity index (χ1v) is 11.3. The number of benzene rings is 1. The number of primary amides is 1. The van der Waals surface area contributed by atoms with Crippen molar-refractivity contribution in [3.8, 4) is 17.3 Å². The van der Waals surface area contributed by atoms with Crippen molar-refractivity contribution in [2.45, 2.75) is 46.2 Å². The van der Waals surface area contributed by atoms with Gasteiger partial charge in [0, 0.05) is 43.5 Å². The maximum atomic E-state index is 12.2. The molecule has 1 fully saturated rings. The molecule has 1 aliphatic rings. The summed E-state index contributed by atoms with van der Waals surface area (Å²) in [5, 5.41) is 13.6. The Morgan fingerprint density at radius 2 is 1.84 bits per heavy atom. The standard InChI is InChI=1S/C24H34N6O2/c1-17(2)15-21(24(26)31)30(10-9-25)22-16-32-27-23(22)19-5-7-20(8-6-19)29-13-11-28(12-14-29)18(3)4/h5-8,16-18,21H,10-15H2,1-4H3,(H2,26,31)/t21-/m0/s1. The van der Waals surface area contributed by atoms with Gasteiger partial charge in [0.15, 0.2) is 0 Å². The molecule has 1 aliphatic heterocycles. The third-order valence-corrected chi connectivity index (χ3v) is 6.05. The van der Waals surface area contributed by atoms with Gasteiger partial charge in [0.25, 0.3) is 0 Å². The summed E-state index contributed by atoms with van der Waals surface area (Å²) in [4.78, 5) is 18.8. The lowest BCUT2D eigenvalue weighted by molar-refractivity contribution is -0.119. The number of nitrogens with zero attached hydrogens (tertiary/aromatic N) is 5. The maximum absolute atomic E-state index is 12.2. The molecule has 1 atom stereocenters. The molecule has 0 radical (unpaired) electrons. The number of nitrogens with two attached hydrogens (primary N) is 1. The highest BCUT2D eigenvalue weighted by atomic mass is 16.5. The molecule has 0 aliphatic carbocycles. The fourth-order valence-corrected chi connectivity index (χ4v) is 4.25. The van der Waals surface area contributed by atoms with E-state index in [0.29, 0.717) is 23.8 Å². The number of rotatable bonds is 9. The minimum Gasteiger partial charge on any atom is -0.369 e. The molecular formula is C24H34N6O2. The number of aromatic nitrogens is 1. The molecule has 0 spiro atoms. The second-order valence-electron chi connectivity index (χ2n) is 9.05. The van der Waals surface area contributed by atoms with Crippen LogP contribution in [0.1, 0.15) is 34.1 Å². The van der Waals surface area contributed by atoms with Gasteiger partial charge in [0.1, 0.15) is 30.2 Å². The van der Waals surface area contributed by atoms with Gasteiger partial charge < -0.3 is 20.1 Å². The molecule has 1 amide bonds. The number of hydrogen-bond donors (Lipinski definition) is 1. The van der Waals surface area contributed by atoms with Crippen LogP contribution in [-0.2, 0) is 4.79 Å². The van der Waals surface area contributed by atoms with Crippen molar-refractivity contribution in [1.82, 2.24) is 10.1 Å². The van der Waals surface area contributed by atoms with Gasteiger partial charge in [0.05, 0.1) is 6.07 Å². The summed E-state index contributed by atoms with van der Waals surface area (Å²) in [6.07, 6.45) is 2.03. The van der Waals surface area contributed by atoms with E-state index in [-0.39, 0.29) is 12.5 Å². The van der Waals surface area contributed by atoms with Gasteiger partial charge in [-0.2, -0.15) is 5.26 Å². The van der Waals surface area contributed by atoms with Crippen molar-refractivity contribution in [3.05, 3.63) is 30.5 Å². The molecule has 8 heteroatoms. The third-order valence-electron chi connectivity index (χ3n) is 6.05. The summed E-state index contributed by atoms with van der Waals surface area (Å²) in [7, 11) is 0. The highest BCUT2D eigenvalue weighted by Crippen LogP contribution is 2.33. The van der Waals surface area contributed by atoms with E-state index < -0.39 is 11.9 Å². The fraction of sp³-hybridized carbons (Fsp3) is 0.542. The number of nitriles is 1. The Balaban J connectivity index is 1.82. The zero-order valence-corrected chi connectivity index (χ0v) is 19.5. The van der Waals surface area contributed by atoms with E-state index in [4.69, 9.17) is 10.3 Å². The van der Waals surface area contributed by atoms with E-state index in [1.54, 1.807) is 4.90 Å². The van der Waals surface area contributed by atoms with Crippen LogP contribution in [-0.4, -0.2) is 60.8 Å². The van der Waals surface area contributed by atoms with Gasteiger partial charge >= 0.3 is 0 Å². The Morgan fingerprint density at radius 3 is 2.38 bits per heavy atom. The molecule has 0 unspecified atom stereocenters. The zero-order valence-electron chi connectivity index (χ0n) is 19.5. The first-order chi connectivity index (χ1) is 15.3. The first kappa shape index (κ1) is 23.6. The summed E-state index contributed by atoms with van der Waals surface area (Å²) in [6, 6.07) is 10.3. The normalized spacial score (nSPS) is 15.7. The number of hydrogen-bond acceptors (Lipinski definition) is 7. The predicted octanol–water partition coefficient (Wildman–Crippen LogP) is 3.10. The summed E-state index contributed by atoms with van der Waals surface area (Å²) >= 11 is 0. The van der Waals surface area contributed by atoms with Crippen LogP contribution in [0.15, 0.2) is 35.1 Å². The number of piperazine rings is 1. The molecule has 1 aromatic carbocycles. The van der Waals surface area contributed by atoms with E-state index in [9.17, 15) is 10.1 Å². The Hall–Kier alpha value is -3.05. The Labute approximate surface area is 190 Å². The second-order valence-corrected chi connectivity index (χ2v) is 9.05. The molecular weight excluding hydrogens is 404 g/mol. The predicted molar refractivity (Wildman–Crippen MR) is 126 cm³/mol. The average molecular weight is 439 g/mol. The summed E-state index contributed by atoms with van der Waals surface area (Å²) in [6.45, 7) is 12.6. The van der Waals surface area contributed by atoms with Crippen molar-refractivity contribution < 1.29 is 9.32 Å². The lowest BCUT2D eigenvalue weighted by atomic mass is 10.0. The van der Waals surface area contributed by atoms with Crippen LogP contribution in [0.25, 0.3) is 11.3 Å². The highest BCUT2D eigenvalue weighted by Gasteiger charge is 2.29. The quantitative estimate of drug-likeness (QED) is 0.600. The van der Waals surface area contributed by atoms with Crippen molar-refractivity contribution in [2.24, 2.45) is 11.7 Å². The molecule has 2 N–H and O–H groups in total. The summed E-state index contributed by atoms with van der Waals surface area (Å²) < 4.78 is 5.27. The molecule has 0 saturated carbocycles. The van der Waals surface area contributed by atoms with Gasteiger partial charge in [-0.05, 0) is 38.3 Å². The van der Waals surface area contributed by atoms with Crippen molar-refractivity contribution in [2.75, 3.05) is 42.5 Å². The fourth-order valence-electron chi connectivity index (χ4n) is 4.25. The van der Waals surface area contributed by atoms with E-state index >= 15 is 0 Å². The molecule has 0 bridgehead atoms. The number of amides is 1. The van der Waals surface area contributed by atoms with Crippen LogP contribution in [0.3, 0.4) is 0 Å². The van der Waals surface area contributed by atoms with Gasteiger partial charge in [0.2, 0.25) is 5.91 Å². The van der Waals surface area contributed by atoms with Gasteiger partial charge in [-0.3, -0.25) is 9.69 Å². The zero-order chi connectivity index (χ0) is 23.3. The van der Waals surface area contributed by atoms with Crippen LogP contribution in [0.2, 0.25) is 0 Å². The first-order valence-electron chi connectivity index (χ1n) is 11.3. The SMILES string of the molecule is CC(C)C[C@@H](C(N)=O)N(CC#N)c1conc1-c1ccc(N2CCN(C(C)C)CC2)cc1. The summed E-state index contributed by atoms with van der Waals surface area (Å²) in [5.41, 5.74) is 8.94. The van der Waals surface area contributed by atoms with Gasteiger partial charge in [-0.1, -0.05) is 31.1 Å². The Morgan fingerprint density at radius 1 is 1.19 bits per heavy atom. The van der Waals surface area contributed by atoms with E-state index in [1.165, 1.54) is 12.0 Å². The molecule has 2 heterocycles. The summed E-state index contributed by atoms with van der Waals surface area (Å²) in [5.74, 6) is -0.218. The minimum atomic E-state index is -0.607. The second kappa shape index (κ2) is 10.5. The topological polar surface area (TPSA) is 103 Å². The number of carbonyl (C=O) groups is 1. The minimum absolute atomic E-state index is 0.0206. The molecule has 32 heavy (non-hydrogen) atoms. The van der Waals surface area contributed by atoms with E-state index in [2.05, 4.69) is 47.0 Å². The molecule has 8 nitrogen and oxygen atoms in total. The van der Waals surface area contributed by atoms with Crippen LogP contribution in [0.4, 0.5) is 11.4 Å². The lowest BCUT2D eigenvalue weighted by Crippen LogP contribution is -2.48. The Bertz CT molecular complexity index is 923. The van der Waals surface area contributed by atoms with E-state index in [1.807, 2.05) is 26.0 Å². The number of anilines is 2. The van der Waals surface area contributed by atoms with Gasteiger partial charge in [-0.25, -0.2) is 0 Å². The van der Waals surface area contributed by atoms with Crippen molar-refractivity contribution in [1.29, 1.82) is 5.26 Å². The smallest absolute Gasteiger partial charge is 0.240 e. The van der Waals surface area contributed by atoms with Crippen molar-refractivity contribution in [3.63, 3.8) is 0 Å². The maximum Gasteiger partial charge on any atom is 0.240 e. The molecule has 3 rings (SSSR count). The van der Waals surface area contributed by atoms with Crippen LogP contribution in [0, 0.1) is 17.2 Å². The van der Waals surface area contributed by atoms with Crippen LogP contribution < -0.4 is 15.5 Å². The highest BCUT2D eigenvalue weighted by molar-refractivity contribution is 5.86. The van der Waals surface area contributed by atoms with Crippen molar-refractivity contribution >= 4 is 17.3 Å². The van der Waals surface area contributed by atoms with E-state index in [0.717, 1.165) is 31.7 Å². The largest absolute Gasteiger partial charge is 0.369 e. The molecule has 1 aromatic heterocycles. The van der Waals surface area contributed by atoms with Crippen LogP contribution >= 0.6 is 0 Å². The average Bonchev–Trinajstić information content (AvgIpc) is 3.25. The number of carbonyl (C=O) groups excluding carboxylic acids is 1. The monoisotopic (exact) mass is 438 g/mol. The third kappa shape index (κ3) is 5.40. The molecule has 172 valence electrons. The molecule has 1 saturated heterocycles. The lowest BCUT2D eigenvalue weighted by Gasteiger charge is -2.38. The molecule has 2 aromatic rings.